The van der Waals surface area contributed by atoms with E-state index in [0.717, 1.165) is 30.4 Å². The number of carbonyl (C=O) groups is 3. The second-order valence-corrected chi connectivity index (χ2v) is 9.24. The summed E-state index contributed by atoms with van der Waals surface area (Å²) in [4.78, 5) is 36.3. The number of ether oxygens (including phenoxy) is 1. The van der Waals surface area contributed by atoms with Crippen LogP contribution in [0.25, 0.3) is 11.1 Å². The summed E-state index contributed by atoms with van der Waals surface area (Å²) >= 11 is 0. The Morgan fingerprint density at radius 2 is 1.68 bits per heavy atom. The molecule has 3 N–H and O–H groups in total. The minimum atomic E-state index is -0.925. The van der Waals surface area contributed by atoms with Gasteiger partial charge in [0, 0.05) is 23.9 Å². The molecule has 0 saturated heterocycles. The number of alkyl carbamates (subject to hydrolysis) is 1. The van der Waals surface area contributed by atoms with Crippen LogP contribution >= 0.6 is 0 Å². The first-order valence-electron chi connectivity index (χ1n) is 12.1. The summed E-state index contributed by atoms with van der Waals surface area (Å²) in [5.41, 5.74) is 4.69. The molecule has 4 rings (SSSR count). The summed E-state index contributed by atoms with van der Waals surface area (Å²) in [5, 5.41) is 14.8. The van der Waals surface area contributed by atoms with Crippen molar-refractivity contribution in [2.45, 2.75) is 63.5 Å². The Hall–Kier alpha value is -3.35. The molecule has 7 nitrogen and oxygen atoms in total. The van der Waals surface area contributed by atoms with E-state index in [4.69, 9.17) is 9.84 Å². The van der Waals surface area contributed by atoms with Crippen LogP contribution in [0.1, 0.15) is 62.5 Å². The molecule has 2 amide bonds. The summed E-state index contributed by atoms with van der Waals surface area (Å²) in [6.45, 7) is 2.11. The molecular weight excluding hydrogens is 432 g/mol. The molecule has 7 heteroatoms. The summed E-state index contributed by atoms with van der Waals surface area (Å²) in [5.74, 6) is -1.29. The van der Waals surface area contributed by atoms with Crippen LogP contribution in [-0.2, 0) is 14.3 Å². The Morgan fingerprint density at radius 1 is 1.03 bits per heavy atom. The third kappa shape index (κ3) is 5.41. The van der Waals surface area contributed by atoms with Crippen molar-refractivity contribution < 1.29 is 24.2 Å². The number of carbonyl (C=O) groups excluding carboxylic acids is 2. The number of hydrogen-bond donors (Lipinski definition) is 3. The molecule has 2 aliphatic carbocycles. The van der Waals surface area contributed by atoms with Gasteiger partial charge in [-0.3, -0.25) is 9.59 Å². The number of nitrogens with one attached hydrogen (secondary N) is 2. The second kappa shape index (κ2) is 10.7. The zero-order chi connectivity index (χ0) is 24.1. The molecule has 0 bridgehead atoms. The SMILES string of the molecule is CC[C@H](CC(=O)O)NC(=O)[C@@H]1CCC[C@H](NC(=O)OCC2c3ccccc3-c3ccccc32)C1. The minimum absolute atomic E-state index is 0.00300. The van der Waals surface area contributed by atoms with E-state index in [1.54, 1.807) is 0 Å². The van der Waals surface area contributed by atoms with Crippen LogP contribution in [0.15, 0.2) is 48.5 Å². The average molecular weight is 465 g/mol. The maximum atomic E-state index is 12.7. The van der Waals surface area contributed by atoms with E-state index in [0.29, 0.717) is 12.8 Å². The van der Waals surface area contributed by atoms with Crippen LogP contribution < -0.4 is 10.6 Å². The summed E-state index contributed by atoms with van der Waals surface area (Å²) in [6, 6.07) is 15.9. The molecular formula is C27H32N2O5. The Balaban J connectivity index is 1.31. The van der Waals surface area contributed by atoms with Gasteiger partial charge in [-0.25, -0.2) is 4.79 Å². The summed E-state index contributed by atoms with van der Waals surface area (Å²) in [6.07, 6.45) is 2.88. The normalized spacial score (nSPS) is 20.0. The lowest BCUT2D eigenvalue weighted by atomic mass is 9.85. The van der Waals surface area contributed by atoms with Crippen molar-refractivity contribution in [2.75, 3.05) is 6.61 Å². The largest absolute Gasteiger partial charge is 0.481 e. The van der Waals surface area contributed by atoms with Crippen molar-refractivity contribution in [2.24, 2.45) is 5.92 Å². The topological polar surface area (TPSA) is 105 Å². The molecule has 1 saturated carbocycles. The monoisotopic (exact) mass is 464 g/mol. The van der Waals surface area contributed by atoms with Crippen molar-refractivity contribution in [1.29, 1.82) is 0 Å². The predicted octanol–water partition coefficient (Wildman–Crippen LogP) is 4.45. The number of rotatable bonds is 8. The van der Waals surface area contributed by atoms with E-state index in [1.165, 1.54) is 11.1 Å². The first-order valence-corrected chi connectivity index (χ1v) is 12.1. The maximum absolute atomic E-state index is 12.7. The third-order valence-electron chi connectivity index (χ3n) is 6.97. The van der Waals surface area contributed by atoms with Gasteiger partial charge in [-0.05, 0) is 47.9 Å². The Labute approximate surface area is 199 Å². The quantitative estimate of drug-likeness (QED) is 0.535. The van der Waals surface area contributed by atoms with Crippen LogP contribution in [0.3, 0.4) is 0 Å². The summed E-state index contributed by atoms with van der Waals surface area (Å²) < 4.78 is 5.65. The van der Waals surface area contributed by atoms with Gasteiger partial charge >= 0.3 is 12.1 Å². The van der Waals surface area contributed by atoms with Crippen LogP contribution in [0.4, 0.5) is 4.79 Å². The molecule has 0 radical (unpaired) electrons. The predicted molar refractivity (Wildman–Crippen MR) is 128 cm³/mol. The standard InChI is InChI=1S/C27H32N2O5/c1-2-18(15-25(30)31)28-26(32)17-8-7-9-19(14-17)29-27(33)34-16-24-22-12-5-3-10-20(22)21-11-4-6-13-23(21)24/h3-6,10-13,17-19,24H,2,7-9,14-16H2,1H3,(H,28,32)(H,29,33)(H,30,31)/t17-,18-,19+/m1/s1. The summed E-state index contributed by atoms with van der Waals surface area (Å²) in [7, 11) is 0. The third-order valence-corrected chi connectivity index (χ3v) is 6.97. The lowest BCUT2D eigenvalue weighted by Crippen LogP contribution is -2.45. The molecule has 0 spiro atoms. The molecule has 0 aromatic heterocycles. The van der Waals surface area contributed by atoms with Crippen molar-refractivity contribution >= 4 is 18.0 Å². The highest BCUT2D eigenvalue weighted by Gasteiger charge is 2.31. The number of hydrogen-bond acceptors (Lipinski definition) is 4. The highest BCUT2D eigenvalue weighted by molar-refractivity contribution is 5.80. The highest BCUT2D eigenvalue weighted by Crippen LogP contribution is 2.44. The molecule has 2 aliphatic rings. The molecule has 0 aliphatic heterocycles. The Morgan fingerprint density at radius 3 is 2.29 bits per heavy atom. The van der Waals surface area contributed by atoms with Crippen molar-refractivity contribution in [3.63, 3.8) is 0 Å². The van der Waals surface area contributed by atoms with Crippen molar-refractivity contribution in [1.82, 2.24) is 10.6 Å². The molecule has 34 heavy (non-hydrogen) atoms. The van der Waals surface area contributed by atoms with Gasteiger partial charge in [0.15, 0.2) is 0 Å². The fraction of sp³-hybridized carbons (Fsp3) is 0.444. The molecule has 2 aromatic rings. The number of benzene rings is 2. The van der Waals surface area contributed by atoms with Gasteiger partial charge < -0.3 is 20.5 Å². The lowest BCUT2D eigenvalue weighted by Gasteiger charge is -2.30. The van der Waals surface area contributed by atoms with Crippen molar-refractivity contribution in [3.8, 4) is 11.1 Å². The second-order valence-electron chi connectivity index (χ2n) is 9.24. The van der Waals surface area contributed by atoms with E-state index in [9.17, 15) is 14.4 Å². The molecule has 2 aromatic carbocycles. The maximum Gasteiger partial charge on any atom is 0.407 e. The molecule has 0 unspecified atom stereocenters. The zero-order valence-electron chi connectivity index (χ0n) is 19.5. The van der Waals surface area contributed by atoms with Gasteiger partial charge in [0.2, 0.25) is 5.91 Å². The number of aliphatic carboxylic acids is 1. The highest BCUT2D eigenvalue weighted by atomic mass is 16.5. The Kier molecular flexibility index (Phi) is 7.50. The molecule has 0 heterocycles. The van der Waals surface area contributed by atoms with Gasteiger partial charge in [-0.15, -0.1) is 0 Å². The Bertz CT molecular complexity index is 1010. The van der Waals surface area contributed by atoms with Gasteiger partial charge in [-0.2, -0.15) is 0 Å². The number of fused-ring (bicyclic) bond motifs is 3. The number of carboxylic acids is 1. The average Bonchev–Trinajstić information content (AvgIpc) is 3.16. The van der Waals surface area contributed by atoms with Gasteiger partial charge in [0.25, 0.3) is 0 Å². The van der Waals surface area contributed by atoms with Crippen LogP contribution in [0.5, 0.6) is 0 Å². The first kappa shape index (κ1) is 23.8. The smallest absolute Gasteiger partial charge is 0.407 e. The van der Waals surface area contributed by atoms with Crippen LogP contribution in [-0.4, -0.2) is 41.8 Å². The lowest BCUT2D eigenvalue weighted by molar-refractivity contribution is -0.138. The first-order chi connectivity index (χ1) is 16.5. The van der Waals surface area contributed by atoms with Crippen molar-refractivity contribution in [3.05, 3.63) is 59.7 Å². The molecule has 1 fully saturated rings. The minimum Gasteiger partial charge on any atom is -0.481 e. The molecule has 3 atom stereocenters. The zero-order valence-corrected chi connectivity index (χ0v) is 19.5. The fourth-order valence-electron chi connectivity index (χ4n) is 5.19. The van der Waals surface area contributed by atoms with Crippen LogP contribution in [0, 0.1) is 5.92 Å². The van der Waals surface area contributed by atoms with Gasteiger partial charge in [0.1, 0.15) is 6.61 Å². The van der Waals surface area contributed by atoms with E-state index in [1.807, 2.05) is 31.2 Å². The number of carboxylic acid groups (broad SMARTS) is 1. The van der Waals surface area contributed by atoms with Gasteiger partial charge in [0.05, 0.1) is 6.42 Å². The van der Waals surface area contributed by atoms with E-state index < -0.39 is 12.1 Å². The van der Waals surface area contributed by atoms with Gasteiger partial charge in [-0.1, -0.05) is 61.9 Å². The van der Waals surface area contributed by atoms with E-state index in [2.05, 4.69) is 34.9 Å². The molecule has 180 valence electrons. The fourth-order valence-corrected chi connectivity index (χ4v) is 5.19. The van der Waals surface area contributed by atoms with Crippen LogP contribution in [0.2, 0.25) is 0 Å². The number of amides is 2. The van der Waals surface area contributed by atoms with E-state index >= 15 is 0 Å². The van der Waals surface area contributed by atoms with E-state index in [-0.39, 0.29) is 42.9 Å².